The molecule has 1 aliphatic carbocycles. The second-order valence-corrected chi connectivity index (χ2v) is 6.07. The molecule has 1 aromatic carbocycles. The molecule has 0 bridgehead atoms. The van der Waals surface area contributed by atoms with E-state index in [4.69, 9.17) is 5.73 Å². The van der Waals surface area contributed by atoms with Gasteiger partial charge in [0, 0.05) is 23.8 Å². The van der Waals surface area contributed by atoms with Gasteiger partial charge in [-0.3, -0.25) is 9.59 Å². The fraction of sp³-hybridized carbons (Fsp3) is 0.500. The standard InChI is InChI=1S/C16H21N3O2/c1-10-7-11(9-12(17)8-10)16(21)19-6-2-3-14(19)15(20)18-13-4-5-13/h7-9,13-14H,2-6,17H2,1H3,(H,18,20). The van der Waals surface area contributed by atoms with Gasteiger partial charge in [-0.25, -0.2) is 0 Å². The van der Waals surface area contributed by atoms with E-state index in [1.165, 1.54) is 0 Å². The summed E-state index contributed by atoms with van der Waals surface area (Å²) >= 11 is 0. The average Bonchev–Trinajstić information content (AvgIpc) is 3.09. The van der Waals surface area contributed by atoms with Crippen molar-refractivity contribution in [2.75, 3.05) is 12.3 Å². The van der Waals surface area contributed by atoms with Crippen molar-refractivity contribution >= 4 is 17.5 Å². The lowest BCUT2D eigenvalue weighted by molar-refractivity contribution is -0.125. The summed E-state index contributed by atoms with van der Waals surface area (Å²) in [6, 6.07) is 5.33. The van der Waals surface area contributed by atoms with Crippen molar-refractivity contribution in [2.45, 2.75) is 44.7 Å². The lowest BCUT2D eigenvalue weighted by Gasteiger charge is -2.24. The Balaban J connectivity index is 1.77. The summed E-state index contributed by atoms with van der Waals surface area (Å²) in [5.41, 5.74) is 7.92. The van der Waals surface area contributed by atoms with Crippen LogP contribution in [0.3, 0.4) is 0 Å². The molecule has 112 valence electrons. The van der Waals surface area contributed by atoms with Gasteiger partial charge in [0.2, 0.25) is 5.91 Å². The Morgan fingerprint density at radius 3 is 2.67 bits per heavy atom. The van der Waals surface area contributed by atoms with E-state index in [-0.39, 0.29) is 17.9 Å². The SMILES string of the molecule is Cc1cc(N)cc(C(=O)N2CCCC2C(=O)NC2CC2)c1. The number of hydrogen-bond donors (Lipinski definition) is 2. The van der Waals surface area contributed by atoms with Crippen molar-refractivity contribution in [3.63, 3.8) is 0 Å². The molecular weight excluding hydrogens is 266 g/mol. The van der Waals surface area contributed by atoms with Gasteiger partial charge in [0.15, 0.2) is 0 Å². The summed E-state index contributed by atoms with van der Waals surface area (Å²) in [4.78, 5) is 26.6. The van der Waals surface area contributed by atoms with Crippen LogP contribution in [0.15, 0.2) is 18.2 Å². The topological polar surface area (TPSA) is 75.4 Å². The van der Waals surface area contributed by atoms with Crippen molar-refractivity contribution in [1.82, 2.24) is 10.2 Å². The van der Waals surface area contributed by atoms with Gasteiger partial charge in [-0.1, -0.05) is 0 Å². The van der Waals surface area contributed by atoms with E-state index in [0.29, 0.717) is 23.8 Å². The molecule has 1 atom stereocenters. The molecule has 5 nitrogen and oxygen atoms in total. The summed E-state index contributed by atoms with van der Waals surface area (Å²) in [5, 5.41) is 3.00. The highest BCUT2D eigenvalue weighted by atomic mass is 16.2. The molecule has 21 heavy (non-hydrogen) atoms. The van der Waals surface area contributed by atoms with Gasteiger partial charge in [0.1, 0.15) is 6.04 Å². The molecule has 1 saturated carbocycles. The van der Waals surface area contributed by atoms with Crippen LogP contribution in [0.2, 0.25) is 0 Å². The highest BCUT2D eigenvalue weighted by molar-refractivity contribution is 5.98. The first kappa shape index (κ1) is 13.9. The maximum Gasteiger partial charge on any atom is 0.254 e. The van der Waals surface area contributed by atoms with Gasteiger partial charge in [0.25, 0.3) is 5.91 Å². The van der Waals surface area contributed by atoms with E-state index in [1.54, 1.807) is 11.0 Å². The third-order valence-corrected chi connectivity index (χ3v) is 4.09. The van der Waals surface area contributed by atoms with E-state index in [1.807, 2.05) is 19.1 Å². The number of benzene rings is 1. The Bertz CT molecular complexity index is 561. The molecule has 1 unspecified atom stereocenters. The molecule has 0 radical (unpaired) electrons. The minimum Gasteiger partial charge on any atom is -0.399 e. The van der Waals surface area contributed by atoms with Crippen LogP contribution in [0.1, 0.15) is 41.6 Å². The molecule has 2 fully saturated rings. The number of carbonyl (C=O) groups excluding carboxylic acids is 2. The van der Waals surface area contributed by atoms with Crippen molar-refractivity contribution in [3.8, 4) is 0 Å². The average molecular weight is 287 g/mol. The lowest BCUT2D eigenvalue weighted by atomic mass is 10.1. The normalized spacial score (nSPS) is 21.4. The number of nitrogen functional groups attached to an aromatic ring is 1. The number of aryl methyl sites for hydroxylation is 1. The predicted molar refractivity (Wildman–Crippen MR) is 80.8 cm³/mol. The van der Waals surface area contributed by atoms with Gasteiger partial charge in [-0.2, -0.15) is 0 Å². The number of amides is 2. The first-order valence-corrected chi connectivity index (χ1v) is 7.53. The Morgan fingerprint density at radius 2 is 2.00 bits per heavy atom. The van der Waals surface area contributed by atoms with Gasteiger partial charge in [0.05, 0.1) is 0 Å². The molecule has 1 aliphatic heterocycles. The summed E-state index contributed by atoms with van der Waals surface area (Å²) in [6.45, 7) is 2.55. The maximum absolute atomic E-state index is 12.7. The fourth-order valence-corrected chi connectivity index (χ4v) is 2.91. The van der Waals surface area contributed by atoms with Crippen LogP contribution in [0.5, 0.6) is 0 Å². The van der Waals surface area contributed by atoms with Crippen molar-refractivity contribution in [3.05, 3.63) is 29.3 Å². The molecule has 1 heterocycles. The van der Waals surface area contributed by atoms with E-state index < -0.39 is 0 Å². The second-order valence-electron chi connectivity index (χ2n) is 6.07. The van der Waals surface area contributed by atoms with Crippen molar-refractivity contribution < 1.29 is 9.59 Å². The summed E-state index contributed by atoms with van der Waals surface area (Å²) in [5.74, 6) is -0.108. The van der Waals surface area contributed by atoms with Crippen molar-refractivity contribution in [1.29, 1.82) is 0 Å². The monoisotopic (exact) mass is 287 g/mol. The molecule has 0 spiro atoms. The number of nitrogens with zero attached hydrogens (tertiary/aromatic N) is 1. The van der Waals surface area contributed by atoms with E-state index in [2.05, 4.69) is 5.32 Å². The zero-order valence-electron chi connectivity index (χ0n) is 12.3. The molecule has 0 aromatic heterocycles. The minimum absolute atomic E-state index is 0.0102. The molecule has 2 amide bonds. The number of rotatable bonds is 3. The summed E-state index contributed by atoms with van der Waals surface area (Å²) in [6.07, 6.45) is 3.73. The van der Waals surface area contributed by atoms with Crippen LogP contribution in [0, 0.1) is 6.92 Å². The van der Waals surface area contributed by atoms with E-state index >= 15 is 0 Å². The number of nitrogens with one attached hydrogen (secondary N) is 1. The fourth-order valence-electron chi connectivity index (χ4n) is 2.91. The van der Waals surface area contributed by atoms with Crippen LogP contribution >= 0.6 is 0 Å². The third kappa shape index (κ3) is 3.01. The van der Waals surface area contributed by atoms with E-state index in [0.717, 1.165) is 31.2 Å². The smallest absolute Gasteiger partial charge is 0.254 e. The highest BCUT2D eigenvalue weighted by Crippen LogP contribution is 2.24. The van der Waals surface area contributed by atoms with Crippen LogP contribution in [-0.2, 0) is 4.79 Å². The zero-order chi connectivity index (χ0) is 15.0. The molecule has 1 aromatic rings. The Morgan fingerprint density at radius 1 is 1.24 bits per heavy atom. The number of likely N-dealkylation sites (tertiary alicyclic amines) is 1. The Labute approximate surface area is 124 Å². The van der Waals surface area contributed by atoms with Gasteiger partial charge in [-0.05, 0) is 56.4 Å². The van der Waals surface area contributed by atoms with Gasteiger partial charge < -0.3 is 16.0 Å². The zero-order valence-corrected chi connectivity index (χ0v) is 12.3. The molecular formula is C16H21N3O2. The highest BCUT2D eigenvalue weighted by Gasteiger charge is 2.36. The molecule has 5 heteroatoms. The number of hydrogen-bond acceptors (Lipinski definition) is 3. The number of nitrogens with two attached hydrogens (primary N) is 1. The molecule has 3 N–H and O–H groups in total. The quantitative estimate of drug-likeness (QED) is 0.826. The van der Waals surface area contributed by atoms with Crippen LogP contribution in [0.25, 0.3) is 0 Å². The summed E-state index contributed by atoms with van der Waals surface area (Å²) < 4.78 is 0. The minimum atomic E-state index is -0.333. The second kappa shape index (κ2) is 5.39. The molecule has 3 rings (SSSR count). The maximum atomic E-state index is 12.7. The number of anilines is 1. The predicted octanol–water partition coefficient (Wildman–Crippen LogP) is 1.46. The third-order valence-electron chi connectivity index (χ3n) is 4.09. The first-order chi connectivity index (χ1) is 10.0. The largest absolute Gasteiger partial charge is 0.399 e. The Hall–Kier alpha value is -2.04. The first-order valence-electron chi connectivity index (χ1n) is 7.53. The number of carbonyl (C=O) groups is 2. The molecule has 2 aliphatic rings. The van der Waals surface area contributed by atoms with Crippen LogP contribution < -0.4 is 11.1 Å². The van der Waals surface area contributed by atoms with Crippen LogP contribution in [0.4, 0.5) is 5.69 Å². The van der Waals surface area contributed by atoms with E-state index in [9.17, 15) is 9.59 Å². The Kier molecular flexibility index (Phi) is 3.57. The van der Waals surface area contributed by atoms with Gasteiger partial charge in [-0.15, -0.1) is 0 Å². The molecule has 1 saturated heterocycles. The van der Waals surface area contributed by atoms with Crippen molar-refractivity contribution in [2.24, 2.45) is 0 Å². The lowest BCUT2D eigenvalue weighted by Crippen LogP contribution is -2.46. The van der Waals surface area contributed by atoms with Crippen LogP contribution in [-0.4, -0.2) is 35.3 Å². The van der Waals surface area contributed by atoms with Gasteiger partial charge >= 0.3 is 0 Å². The summed E-state index contributed by atoms with van der Waals surface area (Å²) in [7, 11) is 0.